The molecule has 26 heavy (non-hydrogen) atoms. The Bertz CT molecular complexity index is 931. The van der Waals surface area contributed by atoms with E-state index < -0.39 is 0 Å². The van der Waals surface area contributed by atoms with E-state index in [2.05, 4.69) is 10.4 Å². The Morgan fingerprint density at radius 3 is 2.42 bits per heavy atom. The number of hydrogen-bond donors (Lipinski definition) is 1. The number of amides is 1. The van der Waals surface area contributed by atoms with Gasteiger partial charge >= 0.3 is 0 Å². The van der Waals surface area contributed by atoms with Crippen LogP contribution in [0.4, 0.5) is 5.69 Å². The molecule has 6 nitrogen and oxygen atoms in total. The Kier molecular flexibility index (Phi) is 5.14. The van der Waals surface area contributed by atoms with Crippen LogP contribution in [-0.2, 0) is 0 Å². The lowest BCUT2D eigenvalue weighted by Crippen LogP contribution is -2.13. The lowest BCUT2D eigenvalue weighted by molar-refractivity contribution is 0.102. The van der Waals surface area contributed by atoms with Gasteiger partial charge in [-0.15, -0.1) is 0 Å². The maximum atomic E-state index is 12.7. The van der Waals surface area contributed by atoms with Gasteiger partial charge in [0.25, 0.3) is 5.91 Å². The largest absolute Gasteiger partial charge is 0.497 e. The molecule has 0 fully saturated rings. The molecule has 1 heterocycles. The number of ether oxygens (including phenoxy) is 2. The fraction of sp³-hybridized carbons (Fsp3) is 0.158. The van der Waals surface area contributed by atoms with Gasteiger partial charge in [0, 0.05) is 28.9 Å². The van der Waals surface area contributed by atoms with E-state index >= 15 is 0 Å². The molecule has 1 amide bonds. The van der Waals surface area contributed by atoms with Crippen molar-refractivity contribution in [3.63, 3.8) is 0 Å². The van der Waals surface area contributed by atoms with Crippen LogP contribution in [0.2, 0.25) is 5.02 Å². The molecule has 134 valence electrons. The van der Waals surface area contributed by atoms with Crippen molar-refractivity contribution in [2.24, 2.45) is 0 Å². The molecular formula is C19H18ClN3O3. The van der Waals surface area contributed by atoms with Crippen LogP contribution in [0.1, 0.15) is 16.1 Å². The fourth-order valence-corrected chi connectivity index (χ4v) is 2.76. The molecule has 0 radical (unpaired) electrons. The number of anilines is 1. The second kappa shape index (κ2) is 7.49. The molecule has 0 unspecified atom stereocenters. The minimum absolute atomic E-state index is 0.272. The average molecular weight is 372 g/mol. The lowest BCUT2D eigenvalue weighted by Gasteiger charge is -2.10. The van der Waals surface area contributed by atoms with Crippen LogP contribution < -0.4 is 14.8 Å². The van der Waals surface area contributed by atoms with Crippen LogP contribution in [0.3, 0.4) is 0 Å². The van der Waals surface area contributed by atoms with Crippen molar-refractivity contribution in [3.8, 4) is 17.2 Å². The number of hydrogen-bond acceptors (Lipinski definition) is 4. The zero-order valence-electron chi connectivity index (χ0n) is 14.6. The molecule has 3 rings (SSSR count). The Hall–Kier alpha value is -2.99. The first-order valence-electron chi connectivity index (χ1n) is 7.87. The number of nitrogens with one attached hydrogen (secondary N) is 1. The number of aromatic nitrogens is 2. The van der Waals surface area contributed by atoms with Crippen LogP contribution in [0.15, 0.2) is 48.7 Å². The molecule has 0 aliphatic rings. The summed E-state index contributed by atoms with van der Waals surface area (Å²) in [5.74, 6) is 0.906. The van der Waals surface area contributed by atoms with E-state index in [0.717, 1.165) is 5.69 Å². The van der Waals surface area contributed by atoms with E-state index in [1.807, 2.05) is 19.1 Å². The van der Waals surface area contributed by atoms with Gasteiger partial charge < -0.3 is 14.8 Å². The van der Waals surface area contributed by atoms with Gasteiger partial charge in [-0.05, 0) is 25.1 Å². The smallest absolute Gasteiger partial charge is 0.259 e. The van der Waals surface area contributed by atoms with Gasteiger partial charge in [0.15, 0.2) is 0 Å². The molecule has 0 aliphatic carbocycles. The van der Waals surface area contributed by atoms with E-state index in [1.165, 1.54) is 6.20 Å². The number of carbonyl (C=O) groups excluding carboxylic acids is 1. The van der Waals surface area contributed by atoms with Crippen LogP contribution >= 0.6 is 11.6 Å². The predicted octanol–water partition coefficient (Wildman–Crippen LogP) is 4.10. The summed E-state index contributed by atoms with van der Waals surface area (Å²) in [7, 11) is 3.11. The average Bonchev–Trinajstić information content (AvgIpc) is 3.02. The molecule has 1 N–H and O–H groups in total. The molecule has 0 spiro atoms. The fourth-order valence-electron chi connectivity index (χ4n) is 2.58. The lowest BCUT2D eigenvalue weighted by atomic mass is 10.2. The van der Waals surface area contributed by atoms with Gasteiger partial charge in [-0.1, -0.05) is 17.7 Å². The predicted molar refractivity (Wildman–Crippen MR) is 101 cm³/mol. The third-order valence-corrected chi connectivity index (χ3v) is 4.15. The van der Waals surface area contributed by atoms with Crippen molar-refractivity contribution in [3.05, 3.63) is 64.9 Å². The number of carbonyl (C=O) groups is 1. The van der Waals surface area contributed by atoms with Gasteiger partial charge in [0.05, 0.1) is 37.4 Å². The molecule has 0 saturated heterocycles. The van der Waals surface area contributed by atoms with Crippen molar-refractivity contribution in [2.75, 3.05) is 19.5 Å². The SMILES string of the molecule is COc1cc(NC(=O)c2cnn(-c3cccc(Cl)c3)c2C)cc(OC)c1. The standard InChI is InChI=1S/C19H18ClN3O3/c1-12-18(11-21-23(12)15-6-4-5-13(20)7-15)19(24)22-14-8-16(25-2)10-17(9-14)26-3/h4-11H,1-3H3,(H,22,24). The summed E-state index contributed by atoms with van der Waals surface area (Å²) in [5.41, 5.74) is 2.53. The monoisotopic (exact) mass is 371 g/mol. The minimum atomic E-state index is -0.272. The van der Waals surface area contributed by atoms with Crippen LogP contribution in [-0.4, -0.2) is 29.9 Å². The van der Waals surface area contributed by atoms with Crippen molar-refractivity contribution >= 4 is 23.2 Å². The number of benzene rings is 2. The quantitative estimate of drug-likeness (QED) is 0.733. The molecule has 0 atom stereocenters. The molecule has 2 aromatic carbocycles. The second-order valence-electron chi connectivity index (χ2n) is 5.59. The Balaban J connectivity index is 1.88. The summed E-state index contributed by atoms with van der Waals surface area (Å²) in [6.07, 6.45) is 1.53. The highest BCUT2D eigenvalue weighted by Crippen LogP contribution is 2.26. The highest BCUT2D eigenvalue weighted by atomic mass is 35.5. The normalized spacial score (nSPS) is 10.5. The first-order valence-corrected chi connectivity index (χ1v) is 8.24. The second-order valence-corrected chi connectivity index (χ2v) is 6.03. The van der Waals surface area contributed by atoms with Crippen LogP contribution in [0.5, 0.6) is 11.5 Å². The highest BCUT2D eigenvalue weighted by Gasteiger charge is 2.16. The number of rotatable bonds is 5. The van der Waals surface area contributed by atoms with Crippen molar-refractivity contribution in [1.82, 2.24) is 9.78 Å². The molecule has 0 bridgehead atoms. The first kappa shape index (κ1) is 17.8. The Morgan fingerprint density at radius 1 is 1.12 bits per heavy atom. The molecule has 0 saturated carbocycles. The van der Waals surface area contributed by atoms with Crippen LogP contribution in [0, 0.1) is 6.92 Å². The van der Waals surface area contributed by atoms with Crippen molar-refractivity contribution in [2.45, 2.75) is 6.92 Å². The molecular weight excluding hydrogens is 354 g/mol. The molecule has 7 heteroatoms. The molecule has 0 aliphatic heterocycles. The van der Waals surface area contributed by atoms with E-state index in [0.29, 0.717) is 33.5 Å². The third kappa shape index (κ3) is 3.65. The Morgan fingerprint density at radius 2 is 1.81 bits per heavy atom. The maximum Gasteiger partial charge on any atom is 0.259 e. The topological polar surface area (TPSA) is 65.4 Å². The van der Waals surface area contributed by atoms with E-state index in [4.69, 9.17) is 21.1 Å². The summed E-state index contributed by atoms with van der Waals surface area (Å²) in [5, 5.41) is 7.75. The van der Waals surface area contributed by atoms with E-state index in [9.17, 15) is 4.79 Å². The summed E-state index contributed by atoms with van der Waals surface area (Å²) in [6.45, 7) is 1.83. The zero-order valence-corrected chi connectivity index (χ0v) is 15.4. The maximum absolute atomic E-state index is 12.7. The summed E-state index contributed by atoms with van der Waals surface area (Å²) >= 11 is 6.04. The highest BCUT2D eigenvalue weighted by molar-refractivity contribution is 6.30. The number of halogens is 1. The van der Waals surface area contributed by atoms with Gasteiger partial charge in [-0.3, -0.25) is 4.79 Å². The Labute approximate surface area is 156 Å². The van der Waals surface area contributed by atoms with Gasteiger partial charge in [0.2, 0.25) is 0 Å². The summed E-state index contributed by atoms with van der Waals surface area (Å²) < 4.78 is 12.1. The first-order chi connectivity index (χ1) is 12.5. The number of methoxy groups -OCH3 is 2. The molecule has 3 aromatic rings. The third-order valence-electron chi connectivity index (χ3n) is 3.92. The summed E-state index contributed by atoms with van der Waals surface area (Å²) in [6, 6.07) is 12.5. The summed E-state index contributed by atoms with van der Waals surface area (Å²) in [4.78, 5) is 12.7. The van der Waals surface area contributed by atoms with Crippen molar-refractivity contribution in [1.29, 1.82) is 0 Å². The van der Waals surface area contributed by atoms with Crippen LogP contribution in [0.25, 0.3) is 5.69 Å². The van der Waals surface area contributed by atoms with Gasteiger partial charge in [0.1, 0.15) is 11.5 Å². The van der Waals surface area contributed by atoms with E-state index in [-0.39, 0.29) is 5.91 Å². The zero-order chi connectivity index (χ0) is 18.7. The van der Waals surface area contributed by atoms with E-state index in [1.54, 1.807) is 49.2 Å². The minimum Gasteiger partial charge on any atom is -0.497 e. The van der Waals surface area contributed by atoms with Crippen molar-refractivity contribution < 1.29 is 14.3 Å². The van der Waals surface area contributed by atoms with Gasteiger partial charge in [-0.25, -0.2) is 4.68 Å². The van der Waals surface area contributed by atoms with Gasteiger partial charge in [-0.2, -0.15) is 5.10 Å². The number of nitrogens with zero attached hydrogens (tertiary/aromatic N) is 2. The molecule has 1 aromatic heterocycles.